The normalized spacial score (nSPS) is 29.5. The Kier molecular flexibility index (Phi) is 9.34. The molecule has 2 fully saturated rings. The topological polar surface area (TPSA) is 125 Å². The Morgan fingerprint density at radius 1 is 0.960 bits per heavy atom. The molecule has 4 heterocycles. The number of nitrogens with one attached hydrogen (secondary N) is 1. The molecular formula is C39H38ClN3O7. The molecule has 0 unspecified atom stereocenters. The van der Waals surface area contributed by atoms with E-state index in [1.807, 2.05) is 49.4 Å². The lowest BCUT2D eigenvalue weighted by atomic mass is 9.74. The molecular weight excluding hydrogens is 658 g/mol. The molecule has 10 nitrogen and oxygen atoms in total. The van der Waals surface area contributed by atoms with Crippen molar-refractivity contribution in [1.82, 2.24) is 10.2 Å². The van der Waals surface area contributed by atoms with Crippen LogP contribution >= 0.6 is 11.6 Å². The molecule has 4 aliphatic heterocycles. The van der Waals surface area contributed by atoms with Crippen molar-refractivity contribution < 1.29 is 33.8 Å². The molecule has 7 rings (SSSR count). The quantitative estimate of drug-likeness (QED) is 0.295. The van der Waals surface area contributed by atoms with Gasteiger partial charge in [0.15, 0.2) is 0 Å². The van der Waals surface area contributed by atoms with Crippen molar-refractivity contribution in [2.24, 2.45) is 11.8 Å². The minimum atomic E-state index is -1.51. The van der Waals surface area contributed by atoms with Crippen LogP contribution in [0, 0.1) is 18.8 Å². The van der Waals surface area contributed by atoms with E-state index in [2.05, 4.69) is 5.32 Å². The Hall–Kier alpha value is -4.77. The highest BCUT2D eigenvalue weighted by Crippen LogP contribution is 2.57. The van der Waals surface area contributed by atoms with Gasteiger partial charge < -0.3 is 29.7 Å². The minimum Gasteiger partial charge on any atom is -0.463 e. The molecule has 4 aliphatic rings. The summed E-state index contributed by atoms with van der Waals surface area (Å²) < 4.78 is 12.3. The predicted octanol–water partition coefficient (Wildman–Crippen LogP) is 4.62. The maximum absolute atomic E-state index is 15.3. The number of anilines is 1. The Bertz CT molecular complexity index is 1830. The summed E-state index contributed by atoms with van der Waals surface area (Å²) in [6, 6.07) is 20.7. The monoisotopic (exact) mass is 695 g/mol. The summed E-state index contributed by atoms with van der Waals surface area (Å²) in [6.45, 7) is 1.33. The second kappa shape index (κ2) is 13.9. The van der Waals surface area contributed by atoms with E-state index >= 15 is 4.79 Å². The number of cyclic esters (lactones) is 1. The second-order valence-corrected chi connectivity index (χ2v) is 13.5. The molecule has 5 bridgehead atoms. The van der Waals surface area contributed by atoms with E-state index in [0.717, 1.165) is 11.1 Å². The Labute approximate surface area is 295 Å². The summed E-state index contributed by atoms with van der Waals surface area (Å²) in [6.07, 6.45) is 6.72. The van der Waals surface area contributed by atoms with Crippen molar-refractivity contribution in [2.45, 2.75) is 49.6 Å². The van der Waals surface area contributed by atoms with Crippen LogP contribution in [0.5, 0.6) is 0 Å². The van der Waals surface area contributed by atoms with E-state index in [-0.39, 0.29) is 19.6 Å². The highest BCUT2D eigenvalue weighted by atomic mass is 35.5. The molecule has 0 saturated carbocycles. The van der Waals surface area contributed by atoms with Gasteiger partial charge in [-0.05, 0) is 36.1 Å². The fraction of sp³-hybridized carbons (Fsp3) is 0.333. The van der Waals surface area contributed by atoms with Gasteiger partial charge in [-0.2, -0.15) is 0 Å². The van der Waals surface area contributed by atoms with Crippen molar-refractivity contribution in [2.75, 3.05) is 24.7 Å². The van der Waals surface area contributed by atoms with Crippen molar-refractivity contribution >= 4 is 41.0 Å². The molecule has 0 aromatic heterocycles. The molecule has 11 heteroatoms. The first-order chi connectivity index (χ1) is 24.2. The summed E-state index contributed by atoms with van der Waals surface area (Å²) in [5, 5.41) is 14.3. The number of fused-ring (bicyclic) bond motifs is 2. The smallest absolute Gasteiger partial charge is 0.306 e. The lowest BCUT2D eigenvalue weighted by Gasteiger charge is -2.39. The van der Waals surface area contributed by atoms with Gasteiger partial charge >= 0.3 is 5.97 Å². The molecule has 2 saturated heterocycles. The lowest BCUT2D eigenvalue weighted by Crippen LogP contribution is -2.57. The van der Waals surface area contributed by atoms with Gasteiger partial charge in [0.05, 0.1) is 47.3 Å². The highest BCUT2D eigenvalue weighted by Gasteiger charge is 2.74. The van der Waals surface area contributed by atoms with Gasteiger partial charge in [-0.1, -0.05) is 109 Å². The first kappa shape index (κ1) is 33.7. The number of hydrogen-bond acceptors (Lipinski definition) is 7. The molecule has 7 atom stereocenters. The molecule has 3 amide bonds. The number of hydrogen-bond donors (Lipinski definition) is 2. The predicted molar refractivity (Wildman–Crippen MR) is 186 cm³/mol. The minimum absolute atomic E-state index is 0.0694. The average molecular weight is 696 g/mol. The number of likely N-dealkylation sites (tertiary alicyclic amines) is 1. The third kappa shape index (κ3) is 5.81. The first-order valence-corrected chi connectivity index (χ1v) is 17.2. The number of aliphatic hydroxyl groups excluding tert-OH is 1. The van der Waals surface area contributed by atoms with Crippen LogP contribution in [-0.4, -0.2) is 71.2 Å². The van der Waals surface area contributed by atoms with Crippen LogP contribution in [0.15, 0.2) is 103 Å². The van der Waals surface area contributed by atoms with Gasteiger partial charge in [0.1, 0.15) is 18.2 Å². The van der Waals surface area contributed by atoms with Gasteiger partial charge in [-0.15, -0.1) is 0 Å². The number of carbonyl (C=O) groups excluding carboxylic acids is 4. The van der Waals surface area contributed by atoms with Crippen LogP contribution in [0.25, 0.3) is 0 Å². The van der Waals surface area contributed by atoms with E-state index in [9.17, 15) is 19.5 Å². The molecule has 258 valence electrons. The molecule has 2 N–H and O–H groups in total. The Morgan fingerprint density at radius 2 is 1.70 bits per heavy atom. The van der Waals surface area contributed by atoms with Crippen molar-refractivity contribution in [3.05, 3.63) is 125 Å². The average Bonchev–Trinajstić information content (AvgIpc) is 3.77. The van der Waals surface area contributed by atoms with Gasteiger partial charge in [0.2, 0.25) is 11.8 Å². The van der Waals surface area contributed by atoms with E-state index in [0.29, 0.717) is 22.7 Å². The van der Waals surface area contributed by atoms with Crippen LogP contribution in [0.2, 0.25) is 5.02 Å². The second-order valence-electron chi connectivity index (χ2n) is 13.1. The molecule has 50 heavy (non-hydrogen) atoms. The number of rotatable bonds is 5. The van der Waals surface area contributed by atoms with Crippen LogP contribution in [0.1, 0.15) is 41.6 Å². The maximum atomic E-state index is 15.3. The summed E-state index contributed by atoms with van der Waals surface area (Å²) in [7, 11) is 0. The van der Waals surface area contributed by atoms with E-state index in [1.165, 1.54) is 9.80 Å². The number of nitrogens with zero attached hydrogens (tertiary/aromatic N) is 2. The molecule has 1 spiro atoms. The van der Waals surface area contributed by atoms with E-state index in [4.69, 9.17) is 21.1 Å². The maximum Gasteiger partial charge on any atom is 0.306 e. The summed E-state index contributed by atoms with van der Waals surface area (Å²) in [5.74, 6) is -3.95. The number of ether oxygens (including phenoxy) is 2. The fourth-order valence-electron chi connectivity index (χ4n) is 7.88. The van der Waals surface area contributed by atoms with Crippen LogP contribution < -0.4 is 10.2 Å². The number of benzene rings is 3. The molecule has 0 radical (unpaired) electrons. The largest absolute Gasteiger partial charge is 0.463 e. The van der Waals surface area contributed by atoms with Gasteiger partial charge in [0.25, 0.3) is 5.91 Å². The first-order valence-electron chi connectivity index (χ1n) is 16.8. The summed E-state index contributed by atoms with van der Waals surface area (Å²) in [5.41, 5.74) is 1.04. The third-order valence-corrected chi connectivity index (χ3v) is 10.5. The number of halogens is 1. The number of esters is 1. The Balaban J connectivity index is 1.38. The number of aliphatic hydroxyl groups is 1. The molecule has 0 aliphatic carbocycles. The fourth-order valence-corrected chi connectivity index (χ4v) is 8.20. The number of aryl methyl sites for hydroxylation is 1. The molecule has 3 aromatic rings. The standard InChI is InChI=1S/C39H38ClN3O7/c1-24-12-11-17-27(40)34(24)42-21-10-4-9-18-31(45)49-23-28(25-13-5-2-6-14-25)41-36(46)32-30-19-20-39(50-30)33(32)37(47)43(35(39)38(42)48)29(22-44)26-15-7-3-8-16-26/h2-8,10-17,19-20,28-30,32-33,35,44H,9,18,21-23H2,1H3,(H,41,46)/b10-4-/t28-,29-,30-,32+,33+,35-,39+/m1/s1. The number of carbonyl (C=O) groups is 4. The van der Waals surface area contributed by atoms with Crippen LogP contribution in [0.3, 0.4) is 0 Å². The number of amides is 3. The van der Waals surface area contributed by atoms with Gasteiger partial charge in [-0.3, -0.25) is 19.2 Å². The molecule has 3 aromatic carbocycles. The zero-order chi connectivity index (χ0) is 35.0. The van der Waals surface area contributed by atoms with E-state index < -0.39 is 72.0 Å². The highest BCUT2D eigenvalue weighted by molar-refractivity contribution is 6.34. The lowest BCUT2D eigenvalue weighted by molar-refractivity contribution is -0.146. The zero-order valence-electron chi connectivity index (χ0n) is 27.5. The van der Waals surface area contributed by atoms with Gasteiger partial charge in [0, 0.05) is 13.0 Å². The van der Waals surface area contributed by atoms with Crippen molar-refractivity contribution in [1.29, 1.82) is 0 Å². The SMILES string of the molecule is Cc1cccc(Cl)c1N1C/C=C\CCC(=O)OC[C@H](c2ccccc2)NC(=O)[C@@H]2[C@H]3C(=O)N([C@H](CO)c4ccccc4)[C@H](C1=O)[C@]31C=C[C@H]2O1. The third-order valence-electron chi connectivity index (χ3n) is 10.2. The van der Waals surface area contributed by atoms with Crippen molar-refractivity contribution in [3.63, 3.8) is 0 Å². The number of allylic oxidation sites excluding steroid dienone is 1. The zero-order valence-corrected chi connectivity index (χ0v) is 28.2. The van der Waals surface area contributed by atoms with Crippen molar-refractivity contribution in [3.8, 4) is 0 Å². The Morgan fingerprint density at radius 3 is 2.42 bits per heavy atom. The summed E-state index contributed by atoms with van der Waals surface area (Å²) >= 11 is 6.77. The summed E-state index contributed by atoms with van der Waals surface area (Å²) in [4.78, 5) is 60.3. The van der Waals surface area contributed by atoms with E-state index in [1.54, 1.807) is 60.7 Å². The van der Waals surface area contributed by atoms with Gasteiger partial charge in [-0.25, -0.2) is 0 Å². The number of para-hydroxylation sites is 1. The van der Waals surface area contributed by atoms with Crippen LogP contribution in [0.4, 0.5) is 5.69 Å². The van der Waals surface area contributed by atoms with Crippen LogP contribution in [-0.2, 0) is 28.7 Å².